The summed E-state index contributed by atoms with van der Waals surface area (Å²) in [7, 11) is 0. The van der Waals surface area contributed by atoms with E-state index in [1.165, 1.54) is 11.3 Å². The van der Waals surface area contributed by atoms with Crippen molar-refractivity contribution in [3.8, 4) is 10.8 Å². The molecule has 0 radical (unpaired) electrons. The van der Waals surface area contributed by atoms with Gasteiger partial charge in [0.2, 0.25) is 0 Å². The maximum absolute atomic E-state index is 12.1. The predicted octanol–water partition coefficient (Wildman–Crippen LogP) is 2.06. The van der Waals surface area contributed by atoms with Crippen LogP contribution in [0.25, 0.3) is 10.8 Å². The zero-order valence-electron chi connectivity index (χ0n) is 12.6. The van der Waals surface area contributed by atoms with Crippen LogP contribution in [0.3, 0.4) is 0 Å². The van der Waals surface area contributed by atoms with Gasteiger partial charge in [-0.15, -0.1) is 23.7 Å². The molecule has 0 bridgehead atoms. The Morgan fingerprint density at radius 1 is 1.23 bits per heavy atom. The van der Waals surface area contributed by atoms with Crippen LogP contribution in [-0.4, -0.2) is 40.5 Å². The predicted molar refractivity (Wildman–Crippen MR) is 90.6 cm³/mol. The lowest BCUT2D eigenvalue weighted by molar-refractivity contribution is 0.0957. The fourth-order valence-corrected chi connectivity index (χ4v) is 2.69. The van der Waals surface area contributed by atoms with Crippen LogP contribution in [0, 0.1) is 6.92 Å². The normalized spacial score (nSPS) is 10.1. The van der Waals surface area contributed by atoms with Gasteiger partial charge in [0, 0.05) is 25.5 Å². The molecular formula is C14H20ClN5OS. The molecule has 2 rings (SSSR count). The third-order valence-electron chi connectivity index (χ3n) is 2.77. The zero-order valence-corrected chi connectivity index (χ0v) is 14.3. The number of thiazole rings is 1. The van der Waals surface area contributed by atoms with E-state index in [4.69, 9.17) is 0 Å². The molecule has 2 N–H and O–H groups in total. The van der Waals surface area contributed by atoms with E-state index in [1.54, 1.807) is 18.5 Å². The van der Waals surface area contributed by atoms with Crippen LogP contribution in [0.2, 0.25) is 0 Å². The highest BCUT2D eigenvalue weighted by molar-refractivity contribution is 7.17. The number of nitrogens with one attached hydrogen (secondary N) is 2. The first kappa shape index (κ1) is 18.5. The molecule has 22 heavy (non-hydrogen) atoms. The molecule has 0 aliphatic heterocycles. The van der Waals surface area contributed by atoms with Crippen molar-refractivity contribution >= 4 is 29.7 Å². The van der Waals surface area contributed by atoms with E-state index in [0.717, 1.165) is 19.5 Å². The highest BCUT2D eigenvalue weighted by atomic mass is 35.5. The third kappa shape index (κ3) is 5.01. The monoisotopic (exact) mass is 341 g/mol. The molecule has 0 aromatic carbocycles. The molecule has 0 aliphatic rings. The molecule has 8 heteroatoms. The van der Waals surface area contributed by atoms with Crippen LogP contribution in [0.5, 0.6) is 0 Å². The number of carbonyl (C=O) groups excluding carboxylic acids is 1. The van der Waals surface area contributed by atoms with Gasteiger partial charge >= 0.3 is 0 Å². The van der Waals surface area contributed by atoms with E-state index in [0.29, 0.717) is 27.9 Å². The lowest BCUT2D eigenvalue weighted by Gasteiger charge is -2.04. The van der Waals surface area contributed by atoms with Crippen molar-refractivity contribution in [1.82, 2.24) is 25.6 Å². The van der Waals surface area contributed by atoms with Gasteiger partial charge in [-0.3, -0.25) is 4.79 Å². The number of aryl methyl sites for hydroxylation is 1. The quantitative estimate of drug-likeness (QED) is 0.753. The molecule has 0 atom stereocenters. The Morgan fingerprint density at radius 3 is 2.64 bits per heavy atom. The highest BCUT2D eigenvalue weighted by Gasteiger charge is 2.16. The number of aromatic nitrogens is 3. The van der Waals surface area contributed by atoms with Crippen LogP contribution in [-0.2, 0) is 0 Å². The van der Waals surface area contributed by atoms with Gasteiger partial charge in [0.25, 0.3) is 5.91 Å². The molecule has 120 valence electrons. The minimum absolute atomic E-state index is 0. The molecule has 2 aromatic heterocycles. The first-order chi connectivity index (χ1) is 10.2. The Morgan fingerprint density at radius 2 is 1.95 bits per heavy atom. The van der Waals surface area contributed by atoms with Gasteiger partial charge in [0.15, 0.2) is 10.8 Å². The number of hydrogen-bond donors (Lipinski definition) is 2. The molecule has 0 aliphatic carbocycles. The SMILES string of the molecule is CCCNCCNC(=O)c1sc(-c2ncccn2)nc1C.Cl. The van der Waals surface area contributed by atoms with E-state index < -0.39 is 0 Å². The van der Waals surface area contributed by atoms with Crippen LogP contribution >= 0.6 is 23.7 Å². The summed E-state index contributed by atoms with van der Waals surface area (Å²) < 4.78 is 0. The van der Waals surface area contributed by atoms with Crippen LogP contribution in [0.1, 0.15) is 28.7 Å². The Hall–Kier alpha value is -1.57. The van der Waals surface area contributed by atoms with E-state index in [2.05, 4.69) is 32.5 Å². The standard InChI is InChI=1S/C14H19N5OS.ClH/c1-3-5-15-8-9-18-13(20)11-10(2)19-14(21-11)12-16-6-4-7-17-12;/h4,6-7,15H,3,5,8-9H2,1-2H3,(H,18,20);1H. The number of carbonyl (C=O) groups is 1. The summed E-state index contributed by atoms with van der Waals surface area (Å²) in [5, 5.41) is 6.80. The summed E-state index contributed by atoms with van der Waals surface area (Å²) in [6, 6.07) is 1.75. The number of rotatable bonds is 7. The molecule has 0 fully saturated rings. The maximum atomic E-state index is 12.1. The third-order valence-corrected chi connectivity index (χ3v) is 3.93. The molecule has 0 unspecified atom stereocenters. The molecule has 0 spiro atoms. The molecule has 0 saturated heterocycles. The van der Waals surface area contributed by atoms with Gasteiger partial charge in [-0.2, -0.15) is 0 Å². The largest absolute Gasteiger partial charge is 0.350 e. The number of nitrogens with zero attached hydrogens (tertiary/aromatic N) is 3. The maximum Gasteiger partial charge on any atom is 0.263 e. The van der Waals surface area contributed by atoms with Crippen LogP contribution in [0.15, 0.2) is 18.5 Å². The lowest BCUT2D eigenvalue weighted by atomic mass is 10.3. The van der Waals surface area contributed by atoms with Crippen molar-refractivity contribution in [2.24, 2.45) is 0 Å². The Kier molecular flexibility index (Phi) is 7.94. The van der Waals surface area contributed by atoms with E-state index in [-0.39, 0.29) is 18.3 Å². The van der Waals surface area contributed by atoms with Crippen molar-refractivity contribution in [3.63, 3.8) is 0 Å². The number of amides is 1. The second-order valence-electron chi connectivity index (χ2n) is 4.51. The molecule has 0 saturated carbocycles. The highest BCUT2D eigenvalue weighted by Crippen LogP contribution is 2.24. The van der Waals surface area contributed by atoms with Crippen molar-refractivity contribution < 1.29 is 4.79 Å². The second kappa shape index (κ2) is 9.45. The summed E-state index contributed by atoms with van der Waals surface area (Å²) in [6.07, 6.45) is 4.42. The van der Waals surface area contributed by atoms with Crippen molar-refractivity contribution in [2.75, 3.05) is 19.6 Å². The van der Waals surface area contributed by atoms with Gasteiger partial charge in [-0.1, -0.05) is 6.92 Å². The van der Waals surface area contributed by atoms with Gasteiger partial charge in [0.05, 0.1) is 5.69 Å². The smallest absolute Gasteiger partial charge is 0.263 e. The summed E-state index contributed by atoms with van der Waals surface area (Å²) in [4.78, 5) is 25.4. The molecule has 2 heterocycles. The Balaban J connectivity index is 0.00000242. The first-order valence-electron chi connectivity index (χ1n) is 6.96. The second-order valence-corrected chi connectivity index (χ2v) is 5.51. The van der Waals surface area contributed by atoms with E-state index in [9.17, 15) is 4.79 Å². The van der Waals surface area contributed by atoms with E-state index in [1.807, 2.05) is 6.92 Å². The van der Waals surface area contributed by atoms with Gasteiger partial charge in [0.1, 0.15) is 4.88 Å². The van der Waals surface area contributed by atoms with Gasteiger partial charge < -0.3 is 10.6 Å². The fourth-order valence-electron chi connectivity index (χ4n) is 1.76. The molecule has 2 aromatic rings. The number of hydrogen-bond acceptors (Lipinski definition) is 6. The van der Waals surface area contributed by atoms with Gasteiger partial charge in [-0.25, -0.2) is 15.0 Å². The van der Waals surface area contributed by atoms with Crippen LogP contribution < -0.4 is 10.6 Å². The van der Waals surface area contributed by atoms with Crippen molar-refractivity contribution in [1.29, 1.82) is 0 Å². The van der Waals surface area contributed by atoms with Gasteiger partial charge in [-0.05, 0) is 26.0 Å². The molecule has 1 amide bonds. The summed E-state index contributed by atoms with van der Waals surface area (Å²) in [5.74, 6) is 0.458. The summed E-state index contributed by atoms with van der Waals surface area (Å²) in [6.45, 7) is 6.27. The van der Waals surface area contributed by atoms with E-state index >= 15 is 0 Å². The zero-order chi connectivity index (χ0) is 15.1. The minimum Gasteiger partial charge on any atom is -0.350 e. The van der Waals surface area contributed by atoms with Crippen molar-refractivity contribution in [2.45, 2.75) is 20.3 Å². The first-order valence-corrected chi connectivity index (χ1v) is 7.77. The topological polar surface area (TPSA) is 79.8 Å². The average molecular weight is 342 g/mol. The van der Waals surface area contributed by atoms with Crippen molar-refractivity contribution in [3.05, 3.63) is 29.0 Å². The Bertz CT molecular complexity index is 590. The average Bonchev–Trinajstić information content (AvgIpc) is 2.90. The fraction of sp³-hybridized carbons (Fsp3) is 0.429. The lowest BCUT2D eigenvalue weighted by Crippen LogP contribution is -2.32. The summed E-state index contributed by atoms with van der Waals surface area (Å²) in [5.41, 5.74) is 0.710. The minimum atomic E-state index is -0.0921. The molecule has 6 nitrogen and oxygen atoms in total. The number of halogens is 1. The molecular weight excluding hydrogens is 322 g/mol. The Labute approximate surface area is 140 Å². The van der Waals surface area contributed by atoms with Crippen LogP contribution in [0.4, 0.5) is 0 Å². The summed E-state index contributed by atoms with van der Waals surface area (Å²) >= 11 is 1.32.